The van der Waals surface area contributed by atoms with Gasteiger partial charge >= 0.3 is 6.09 Å². The fourth-order valence-electron chi connectivity index (χ4n) is 6.65. The van der Waals surface area contributed by atoms with E-state index in [4.69, 9.17) is 14.5 Å². The summed E-state index contributed by atoms with van der Waals surface area (Å²) < 4.78 is 11.9. The second kappa shape index (κ2) is 13.3. The van der Waals surface area contributed by atoms with Crippen molar-refractivity contribution in [1.82, 2.24) is 14.8 Å². The van der Waals surface area contributed by atoms with E-state index in [9.17, 15) is 9.59 Å². The number of aryl methyl sites for hydroxylation is 2. The SMILES string of the molecule is CCC(c1sc2c(c1C)C(=O)N(Cc1c(C)cc(C)nc1OCc1ccccc1)CC2)C1CCN(C(=O)OC(C)(C)C)CC1. The van der Waals surface area contributed by atoms with Crippen LogP contribution in [-0.4, -0.2) is 52.0 Å². The van der Waals surface area contributed by atoms with Crippen molar-refractivity contribution in [3.8, 4) is 5.88 Å². The Balaban J connectivity index is 1.30. The minimum Gasteiger partial charge on any atom is -0.473 e. The van der Waals surface area contributed by atoms with Crippen LogP contribution in [-0.2, 0) is 24.3 Å². The number of ether oxygens (including phenoxy) is 2. The molecule has 44 heavy (non-hydrogen) atoms. The number of fused-ring (bicyclic) bond motifs is 1. The Hall–Kier alpha value is -3.39. The summed E-state index contributed by atoms with van der Waals surface area (Å²) in [4.78, 5) is 37.8. The molecule has 236 valence electrons. The summed E-state index contributed by atoms with van der Waals surface area (Å²) >= 11 is 1.84. The molecule has 5 rings (SSSR count). The smallest absolute Gasteiger partial charge is 0.410 e. The van der Waals surface area contributed by atoms with Crippen LogP contribution in [0.2, 0.25) is 0 Å². The van der Waals surface area contributed by atoms with Crippen molar-refractivity contribution in [2.45, 2.75) is 98.8 Å². The Morgan fingerprint density at radius 1 is 1.09 bits per heavy atom. The number of amides is 2. The van der Waals surface area contributed by atoms with Gasteiger partial charge in [-0.25, -0.2) is 9.78 Å². The van der Waals surface area contributed by atoms with Gasteiger partial charge in [0.05, 0.1) is 12.1 Å². The highest BCUT2D eigenvalue weighted by Crippen LogP contribution is 2.44. The Bertz CT molecular complexity index is 1490. The molecule has 0 saturated carbocycles. The molecular formula is C36H47N3O4S. The summed E-state index contributed by atoms with van der Waals surface area (Å²) in [6, 6.07) is 12.2. The number of hydrogen-bond donors (Lipinski definition) is 0. The van der Waals surface area contributed by atoms with E-state index in [1.165, 1.54) is 9.75 Å². The van der Waals surface area contributed by atoms with Crippen molar-refractivity contribution in [2.75, 3.05) is 19.6 Å². The van der Waals surface area contributed by atoms with Crippen LogP contribution in [0.15, 0.2) is 36.4 Å². The van der Waals surface area contributed by atoms with E-state index in [0.29, 0.717) is 50.5 Å². The van der Waals surface area contributed by atoms with Gasteiger partial charge in [-0.3, -0.25) is 4.79 Å². The lowest BCUT2D eigenvalue weighted by Crippen LogP contribution is -2.42. The third-order valence-corrected chi connectivity index (χ3v) is 10.4. The lowest BCUT2D eigenvalue weighted by molar-refractivity contribution is 0.0173. The molecule has 8 heteroatoms. The molecule has 0 bridgehead atoms. The maximum atomic E-state index is 14.1. The van der Waals surface area contributed by atoms with Crippen LogP contribution in [0, 0.1) is 26.7 Å². The average molecular weight is 618 g/mol. The highest BCUT2D eigenvalue weighted by molar-refractivity contribution is 7.12. The number of hydrogen-bond acceptors (Lipinski definition) is 6. The van der Waals surface area contributed by atoms with Crippen LogP contribution in [0.3, 0.4) is 0 Å². The molecule has 3 aromatic rings. The predicted molar refractivity (Wildman–Crippen MR) is 176 cm³/mol. The van der Waals surface area contributed by atoms with Crippen molar-refractivity contribution < 1.29 is 19.1 Å². The van der Waals surface area contributed by atoms with Gasteiger partial charge in [0, 0.05) is 47.1 Å². The quantitative estimate of drug-likeness (QED) is 0.256. The second-order valence-corrected chi connectivity index (χ2v) is 14.5. The molecule has 0 aliphatic carbocycles. The molecule has 2 aliphatic rings. The average Bonchev–Trinajstić information content (AvgIpc) is 3.31. The zero-order valence-corrected chi connectivity index (χ0v) is 28.2. The van der Waals surface area contributed by atoms with Gasteiger partial charge in [0.25, 0.3) is 5.91 Å². The standard InChI is InChI=1S/C36H47N3O4S/c1-8-28(27-14-17-38(18-15-27)35(41)43-36(5,6)7)32-25(4)31-30(44-32)16-19-39(34(31)40)21-29-23(2)20-24(3)37-33(29)42-22-26-12-10-9-11-13-26/h9-13,20,27-28H,8,14-19,21-22H2,1-7H3. The zero-order valence-electron chi connectivity index (χ0n) is 27.4. The molecule has 1 atom stereocenters. The Morgan fingerprint density at radius 3 is 2.45 bits per heavy atom. The molecule has 1 saturated heterocycles. The summed E-state index contributed by atoms with van der Waals surface area (Å²) in [5, 5.41) is 0. The Kier molecular flexibility index (Phi) is 9.68. The van der Waals surface area contributed by atoms with E-state index in [1.807, 2.05) is 79.2 Å². The van der Waals surface area contributed by atoms with E-state index in [0.717, 1.165) is 59.2 Å². The number of aromatic nitrogens is 1. The highest BCUT2D eigenvalue weighted by atomic mass is 32.1. The summed E-state index contributed by atoms with van der Waals surface area (Å²) in [5.41, 5.74) is 5.60. The van der Waals surface area contributed by atoms with Gasteiger partial charge in [-0.1, -0.05) is 37.3 Å². The van der Waals surface area contributed by atoms with E-state index >= 15 is 0 Å². The largest absolute Gasteiger partial charge is 0.473 e. The van der Waals surface area contributed by atoms with Crippen LogP contribution in [0.25, 0.3) is 0 Å². The van der Waals surface area contributed by atoms with Gasteiger partial charge in [0.2, 0.25) is 5.88 Å². The van der Waals surface area contributed by atoms with Crippen LogP contribution < -0.4 is 4.74 Å². The summed E-state index contributed by atoms with van der Waals surface area (Å²) in [6.45, 7) is 17.2. The minimum absolute atomic E-state index is 0.106. The molecule has 4 heterocycles. The number of carbonyl (C=O) groups is 2. The van der Waals surface area contributed by atoms with Crippen LogP contribution >= 0.6 is 11.3 Å². The van der Waals surface area contributed by atoms with Gasteiger partial charge in [-0.2, -0.15) is 0 Å². The van der Waals surface area contributed by atoms with E-state index < -0.39 is 5.60 Å². The molecule has 1 aromatic carbocycles. The molecule has 7 nitrogen and oxygen atoms in total. The van der Waals surface area contributed by atoms with Gasteiger partial charge in [0.15, 0.2) is 0 Å². The highest BCUT2D eigenvalue weighted by Gasteiger charge is 2.36. The summed E-state index contributed by atoms with van der Waals surface area (Å²) in [6.07, 6.45) is 3.56. The lowest BCUT2D eigenvalue weighted by Gasteiger charge is -2.36. The monoisotopic (exact) mass is 617 g/mol. The number of likely N-dealkylation sites (tertiary alicyclic amines) is 1. The molecular weight excluding hydrogens is 570 g/mol. The first-order valence-electron chi connectivity index (χ1n) is 16.0. The molecule has 2 amide bonds. The third kappa shape index (κ3) is 7.12. The first-order chi connectivity index (χ1) is 20.9. The zero-order chi connectivity index (χ0) is 31.6. The molecule has 2 aromatic heterocycles. The Labute approximate surface area is 266 Å². The number of nitrogens with zero attached hydrogens (tertiary/aromatic N) is 3. The molecule has 0 spiro atoms. The number of benzene rings is 1. The van der Waals surface area contributed by atoms with E-state index in [-0.39, 0.29) is 12.0 Å². The van der Waals surface area contributed by atoms with Crippen molar-refractivity contribution in [2.24, 2.45) is 5.92 Å². The van der Waals surface area contributed by atoms with Crippen molar-refractivity contribution in [3.05, 3.63) is 79.7 Å². The summed E-state index contributed by atoms with van der Waals surface area (Å²) in [5.74, 6) is 1.58. The molecule has 0 radical (unpaired) electrons. The third-order valence-electron chi connectivity index (χ3n) is 8.91. The molecule has 0 N–H and O–H groups in total. The summed E-state index contributed by atoms with van der Waals surface area (Å²) in [7, 11) is 0. The van der Waals surface area contributed by atoms with Crippen molar-refractivity contribution in [3.63, 3.8) is 0 Å². The number of carbonyl (C=O) groups excluding carboxylic acids is 2. The van der Waals surface area contributed by atoms with Crippen LogP contribution in [0.4, 0.5) is 4.79 Å². The first kappa shape index (κ1) is 32.0. The van der Waals surface area contributed by atoms with Crippen molar-refractivity contribution in [1.29, 1.82) is 0 Å². The Morgan fingerprint density at radius 2 is 1.80 bits per heavy atom. The maximum Gasteiger partial charge on any atom is 0.410 e. The molecule has 1 fully saturated rings. The number of piperidine rings is 1. The van der Waals surface area contributed by atoms with Gasteiger partial charge in [0.1, 0.15) is 12.2 Å². The number of rotatable bonds is 8. The van der Waals surface area contributed by atoms with E-state index in [2.05, 4.69) is 26.8 Å². The van der Waals surface area contributed by atoms with Crippen molar-refractivity contribution >= 4 is 23.3 Å². The number of thiophene rings is 1. The predicted octanol–water partition coefficient (Wildman–Crippen LogP) is 7.99. The van der Waals surface area contributed by atoms with Crippen LogP contribution in [0.1, 0.15) is 101 Å². The number of pyridine rings is 1. The topological polar surface area (TPSA) is 72.0 Å². The van der Waals surface area contributed by atoms with Gasteiger partial charge < -0.3 is 19.3 Å². The fourth-order valence-corrected chi connectivity index (χ4v) is 8.22. The van der Waals surface area contributed by atoms with Crippen LogP contribution in [0.5, 0.6) is 5.88 Å². The molecule has 1 unspecified atom stereocenters. The lowest BCUT2D eigenvalue weighted by atomic mass is 9.80. The van der Waals surface area contributed by atoms with Gasteiger partial charge in [-0.15, -0.1) is 11.3 Å². The fraction of sp³-hybridized carbons (Fsp3) is 0.528. The molecule has 2 aliphatic heterocycles. The maximum absolute atomic E-state index is 14.1. The van der Waals surface area contributed by atoms with E-state index in [1.54, 1.807) is 0 Å². The minimum atomic E-state index is -0.487. The first-order valence-corrected chi connectivity index (χ1v) is 16.8. The second-order valence-electron chi connectivity index (χ2n) is 13.3. The normalized spacial score (nSPS) is 16.6. The van der Waals surface area contributed by atoms with Gasteiger partial charge in [-0.05, 0) is 95.4 Å².